The normalized spacial score (nSPS) is 9.18. The van der Waals surface area contributed by atoms with Crippen LogP contribution in [-0.4, -0.2) is 30.4 Å². The van der Waals surface area contributed by atoms with E-state index in [1.807, 2.05) is 0 Å². The number of rotatable bonds is 5. The summed E-state index contributed by atoms with van der Waals surface area (Å²) in [6, 6.07) is 0. The van der Waals surface area contributed by atoms with Crippen molar-refractivity contribution in [3.05, 3.63) is 0 Å². The minimum atomic E-state index is -0.341. The number of carbonyl (C=O) groups excluding carboxylic acids is 2. The van der Waals surface area contributed by atoms with Crippen molar-refractivity contribution in [1.29, 1.82) is 0 Å². The van der Waals surface area contributed by atoms with Crippen LogP contribution in [0.25, 0.3) is 0 Å². The van der Waals surface area contributed by atoms with Gasteiger partial charge in [-0.1, -0.05) is 0 Å². The second-order valence-corrected chi connectivity index (χ2v) is 3.05. The maximum atomic E-state index is 10.6. The quantitative estimate of drug-likeness (QED) is 0.546. The van der Waals surface area contributed by atoms with Crippen molar-refractivity contribution in [3.63, 3.8) is 0 Å². The third kappa shape index (κ3) is 7.18. The van der Waals surface area contributed by atoms with Crippen LogP contribution in [-0.2, 0) is 9.59 Å². The highest BCUT2D eigenvalue weighted by Gasteiger charge is 1.98. The van der Waals surface area contributed by atoms with Crippen LogP contribution in [0.4, 0.5) is 0 Å². The minimum absolute atomic E-state index is 0.0121. The molecule has 0 aliphatic heterocycles. The summed E-state index contributed by atoms with van der Waals surface area (Å²) in [4.78, 5) is 20.8. The van der Waals surface area contributed by atoms with Crippen LogP contribution >= 0.6 is 11.8 Å². The van der Waals surface area contributed by atoms with Gasteiger partial charge in [-0.15, -0.1) is 0 Å². The Bertz CT molecular complexity index is 150. The summed E-state index contributed by atoms with van der Waals surface area (Å²) < 4.78 is 0. The van der Waals surface area contributed by atoms with Gasteiger partial charge in [0.2, 0.25) is 11.8 Å². The Morgan fingerprint density at radius 1 is 1.55 bits per heavy atom. The molecule has 0 rings (SSSR count). The minimum Gasteiger partial charge on any atom is -0.369 e. The maximum absolute atomic E-state index is 10.6. The Morgan fingerprint density at radius 3 is 2.64 bits per heavy atom. The molecule has 64 valence electrons. The van der Waals surface area contributed by atoms with E-state index in [2.05, 4.69) is 5.32 Å². The maximum Gasteiger partial charge on any atom is 0.227 e. The van der Waals surface area contributed by atoms with Crippen LogP contribution in [0.3, 0.4) is 0 Å². The van der Waals surface area contributed by atoms with Crippen LogP contribution in [0, 0.1) is 0 Å². The number of nitrogens with two attached hydrogens (primary N) is 1. The first-order chi connectivity index (χ1) is 5.16. The van der Waals surface area contributed by atoms with Gasteiger partial charge in [-0.2, -0.15) is 11.8 Å². The lowest BCUT2D eigenvalue weighted by atomic mass is 10.5. The molecule has 0 fully saturated rings. The summed E-state index contributed by atoms with van der Waals surface area (Å²) in [5, 5.41) is 2.48. The van der Waals surface area contributed by atoms with Gasteiger partial charge in [-0.3, -0.25) is 9.59 Å². The molecule has 11 heavy (non-hydrogen) atoms. The molecule has 0 saturated heterocycles. The van der Waals surface area contributed by atoms with Gasteiger partial charge in [-0.05, 0) is 0 Å². The van der Waals surface area contributed by atoms with E-state index in [0.29, 0.717) is 12.2 Å². The Hall–Kier alpha value is -0.710. The zero-order valence-electron chi connectivity index (χ0n) is 6.42. The Labute approximate surface area is 69.9 Å². The summed E-state index contributed by atoms with van der Waals surface area (Å²) in [6.07, 6.45) is 0.439. The molecule has 0 bridgehead atoms. The highest BCUT2D eigenvalue weighted by atomic mass is 32.2. The molecule has 0 aromatic carbocycles. The number of hydrogen-bond donors (Lipinski definition) is 2. The largest absolute Gasteiger partial charge is 0.369 e. The first kappa shape index (κ1) is 10.3. The second-order valence-electron chi connectivity index (χ2n) is 1.94. The van der Waals surface area contributed by atoms with E-state index < -0.39 is 0 Å². The van der Waals surface area contributed by atoms with Gasteiger partial charge in [0, 0.05) is 19.2 Å². The molecule has 0 aliphatic carbocycles. The topological polar surface area (TPSA) is 72.2 Å². The predicted molar refractivity (Wildman–Crippen MR) is 45.2 cm³/mol. The van der Waals surface area contributed by atoms with Crippen molar-refractivity contribution in [2.45, 2.75) is 6.42 Å². The Morgan fingerprint density at radius 2 is 2.18 bits per heavy atom. The molecule has 0 unspecified atom stereocenters. The van der Waals surface area contributed by atoms with Crippen LogP contribution in [0.2, 0.25) is 0 Å². The molecule has 0 aliphatic rings. The fourth-order valence-electron chi connectivity index (χ4n) is 0.463. The molecule has 0 aromatic rings. The van der Waals surface area contributed by atoms with Crippen molar-refractivity contribution in [2.24, 2.45) is 5.73 Å². The van der Waals surface area contributed by atoms with Crippen molar-refractivity contribution < 1.29 is 9.59 Å². The van der Waals surface area contributed by atoms with E-state index in [1.165, 1.54) is 11.8 Å². The number of thioether (sulfide) groups is 1. The third-order valence-corrected chi connectivity index (χ3v) is 1.98. The summed E-state index contributed by atoms with van der Waals surface area (Å²) >= 11 is 1.37. The summed E-state index contributed by atoms with van der Waals surface area (Å²) in [5.41, 5.74) is 4.88. The van der Waals surface area contributed by atoms with E-state index >= 15 is 0 Å². The lowest BCUT2D eigenvalue weighted by Gasteiger charge is -1.97. The standard InChI is InChI=1S/C6H12N2O2S/c1-8-6(10)2-3-11-4-5(7)9/h2-4H2,1H3,(H2,7,9)(H,8,10). The number of primary amides is 1. The summed E-state index contributed by atoms with van der Waals surface area (Å²) in [7, 11) is 1.58. The molecule has 0 heterocycles. The van der Waals surface area contributed by atoms with Gasteiger partial charge in [0.1, 0.15) is 0 Å². The zero-order chi connectivity index (χ0) is 8.69. The molecule has 0 radical (unpaired) electrons. The fourth-order valence-corrected chi connectivity index (χ4v) is 1.14. The summed E-state index contributed by atoms with van der Waals surface area (Å²) in [5.74, 6) is 0.577. The second kappa shape index (κ2) is 6.03. The van der Waals surface area contributed by atoms with Gasteiger partial charge in [0.05, 0.1) is 5.75 Å². The Balaban J connectivity index is 3.14. The monoisotopic (exact) mass is 176 g/mol. The van der Waals surface area contributed by atoms with E-state index in [0.717, 1.165) is 0 Å². The molecule has 0 atom stereocenters. The van der Waals surface area contributed by atoms with Gasteiger partial charge in [-0.25, -0.2) is 0 Å². The summed E-state index contributed by atoms with van der Waals surface area (Å²) in [6.45, 7) is 0. The molecule has 0 saturated carbocycles. The number of nitrogens with one attached hydrogen (secondary N) is 1. The molecule has 4 nitrogen and oxygen atoms in total. The van der Waals surface area contributed by atoms with Crippen LogP contribution in [0.5, 0.6) is 0 Å². The zero-order valence-corrected chi connectivity index (χ0v) is 7.24. The lowest BCUT2D eigenvalue weighted by molar-refractivity contribution is -0.120. The average Bonchev–Trinajstić information content (AvgIpc) is 1.97. The number of carbonyl (C=O) groups is 2. The van der Waals surface area contributed by atoms with Crippen molar-refractivity contribution >= 4 is 23.6 Å². The number of hydrogen-bond acceptors (Lipinski definition) is 3. The Kier molecular flexibility index (Phi) is 5.64. The van der Waals surface area contributed by atoms with Crippen molar-refractivity contribution in [1.82, 2.24) is 5.32 Å². The molecule has 2 amide bonds. The fraction of sp³-hybridized carbons (Fsp3) is 0.667. The van der Waals surface area contributed by atoms with Gasteiger partial charge in [0.15, 0.2) is 0 Å². The van der Waals surface area contributed by atoms with Crippen LogP contribution < -0.4 is 11.1 Å². The highest BCUT2D eigenvalue weighted by molar-refractivity contribution is 7.99. The van der Waals surface area contributed by atoms with Crippen molar-refractivity contribution in [2.75, 3.05) is 18.6 Å². The first-order valence-corrected chi connectivity index (χ1v) is 4.39. The first-order valence-electron chi connectivity index (χ1n) is 3.23. The van der Waals surface area contributed by atoms with Gasteiger partial charge in [0.25, 0.3) is 0 Å². The van der Waals surface area contributed by atoms with E-state index in [-0.39, 0.29) is 17.6 Å². The molecule has 3 N–H and O–H groups in total. The molecule has 0 aromatic heterocycles. The van der Waals surface area contributed by atoms with Crippen LogP contribution in [0.1, 0.15) is 6.42 Å². The molecular formula is C6H12N2O2S. The molecule has 0 spiro atoms. The van der Waals surface area contributed by atoms with Gasteiger partial charge >= 0.3 is 0 Å². The van der Waals surface area contributed by atoms with E-state index in [1.54, 1.807) is 7.05 Å². The third-order valence-electron chi connectivity index (χ3n) is 0.997. The highest BCUT2D eigenvalue weighted by Crippen LogP contribution is 2.00. The molecule has 5 heteroatoms. The number of amides is 2. The lowest BCUT2D eigenvalue weighted by Crippen LogP contribution is -2.19. The van der Waals surface area contributed by atoms with E-state index in [9.17, 15) is 9.59 Å². The van der Waals surface area contributed by atoms with Crippen LogP contribution in [0.15, 0.2) is 0 Å². The smallest absolute Gasteiger partial charge is 0.227 e. The molecular weight excluding hydrogens is 164 g/mol. The van der Waals surface area contributed by atoms with E-state index in [4.69, 9.17) is 5.73 Å². The van der Waals surface area contributed by atoms with Crippen molar-refractivity contribution in [3.8, 4) is 0 Å². The SMILES string of the molecule is CNC(=O)CCSCC(N)=O. The van der Waals surface area contributed by atoms with Gasteiger partial charge < -0.3 is 11.1 Å². The average molecular weight is 176 g/mol. The predicted octanol–water partition coefficient (Wildman–Crippen LogP) is -0.659.